The number of hydrogen-bond acceptors (Lipinski definition) is 2. The van der Waals surface area contributed by atoms with Gasteiger partial charge in [0.05, 0.1) is 11.3 Å². The molecule has 0 amide bonds. The summed E-state index contributed by atoms with van der Waals surface area (Å²) in [6, 6.07) is 5.98. The second-order valence-corrected chi connectivity index (χ2v) is 4.41. The molecule has 0 aliphatic rings. The number of carboxylic acids is 1. The molecule has 1 rings (SSSR count). The van der Waals surface area contributed by atoms with E-state index in [1.54, 1.807) is 6.07 Å². The predicted octanol–water partition coefficient (Wildman–Crippen LogP) is 3.32. The molecule has 0 saturated carbocycles. The number of carboxylic acid groups (broad SMARTS) is 1. The largest absolute Gasteiger partial charge is 0.478 e. The summed E-state index contributed by atoms with van der Waals surface area (Å²) in [6.07, 6.45) is 2.03. The van der Waals surface area contributed by atoms with Crippen LogP contribution < -0.4 is 4.90 Å². The summed E-state index contributed by atoms with van der Waals surface area (Å²) in [7, 11) is 1.97. The van der Waals surface area contributed by atoms with Crippen LogP contribution >= 0.6 is 0 Å². The molecule has 0 unspecified atom stereocenters. The molecule has 1 aromatic carbocycles. The fourth-order valence-corrected chi connectivity index (χ4v) is 2.16. The maximum Gasteiger partial charge on any atom is 0.337 e. The summed E-state index contributed by atoms with van der Waals surface area (Å²) in [5, 5.41) is 9.24. The topological polar surface area (TPSA) is 40.5 Å². The van der Waals surface area contributed by atoms with Crippen LogP contribution in [0.3, 0.4) is 0 Å². The van der Waals surface area contributed by atoms with Gasteiger partial charge in [-0.05, 0) is 31.9 Å². The number of aryl methyl sites for hydroxylation is 1. The SMILES string of the molecule is CCC(CC)N(C)c1ccc(C)cc1C(=O)O. The summed E-state index contributed by atoms with van der Waals surface area (Å²) in [5.74, 6) is -0.860. The Hall–Kier alpha value is -1.51. The predicted molar refractivity (Wildman–Crippen MR) is 70.9 cm³/mol. The van der Waals surface area contributed by atoms with E-state index in [2.05, 4.69) is 18.7 Å². The Labute approximate surface area is 103 Å². The average molecular weight is 235 g/mol. The number of hydrogen-bond donors (Lipinski definition) is 1. The van der Waals surface area contributed by atoms with E-state index in [0.29, 0.717) is 11.6 Å². The Morgan fingerprint density at radius 3 is 2.41 bits per heavy atom. The van der Waals surface area contributed by atoms with Crippen molar-refractivity contribution in [2.75, 3.05) is 11.9 Å². The lowest BCUT2D eigenvalue weighted by atomic mass is 10.1. The molecule has 0 atom stereocenters. The lowest BCUT2D eigenvalue weighted by Gasteiger charge is -2.29. The van der Waals surface area contributed by atoms with E-state index in [0.717, 1.165) is 24.1 Å². The van der Waals surface area contributed by atoms with Gasteiger partial charge in [0.2, 0.25) is 0 Å². The molecule has 0 saturated heterocycles. The van der Waals surface area contributed by atoms with Gasteiger partial charge in [0, 0.05) is 13.1 Å². The first kappa shape index (κ1) is 13.6. The van der Waals surface area contributed by atoms with E-state index in [1.165, 1.54) is 0 Å². The second kappa shape index (κ2) is 5.71. The molecule has 0 heterocycles. The molecule has 0 radical (unpaired) electrons. The minimum Gasteiger partial charge on any atom is -0.478 e. The lowest BCUT2D eigenvalue weighted by Crippen LogP contribution is -2.31. The van der Waals surface area contributed by atoms with Gasteiger partial charge in [0.15, 0.2) is 0 Å². The van der Waals surface area contributed by atoms with Gasteiger partial charge in [0.25, 0.3) is 0 Å². The van der Waals surface area contributed by atoms with Crippen LogP contribution in [0.1, 0.15) is 42.6 Å². The third kappa shape index (κ3) is 2.99. The normalized spacial score (nSPS) is 10.6. The Morgan fingerprint density at radius 2 is 1.94 bits per heavy atom. The van der Waals surface area contributed by atoms with Crippen molar-refractivity contribution >= 4 is 11.7 Å². The highest BCUT2D eigenvalue weighted by atomic mass is 16.4. The van der Waals surface area contributed by atoms with E-state index in [-0.39, 0.29) is 0 Å². The summed E-state index contributed by atoms with van der Waals surface area (Å²) < 4.78 is 0. The molecule has 0 fully saturated rings. The van der Waals surface area contributed by atoms with Crippen molar-refractivity contribution in [2.45, 2.75) is 39.7 Å². The first-order chi connectivity index (χ1) is 8.01. The minimum absolute atomic E-state index is 0.385. The third-order valence-corrected chi connectivity index (χ3v) is 3.25. The van der Waals surface area contributed by atoms with Gasteiger partial charge >= 0.3 is 5.97 Å². The van der Waals surface area contributed by atoms with Gasteiger partial charge in [-0.1, -0.05) is 25.5 Å². The third-order valence-electron chi connectivity index (χ3n) is 3.25. The van der Waals surface area contributed by atoms with Crippen molar-refractivity contribution in [1.29, 1.82) is 0 Å². The molecule has 0 bridgehead atoms. The Bertz CT molecular complexity index is 397. The number of anilines is 1. The Morgan fingerprint density at radius 1 is 1.35 bits per heavy atom. The molecule has 1 N–H and O–H groups in total. The van der Waals surface area contributed by atoms with E-state index in [9.17, 15) is 9.90 Å². The molecule has 0 spiro atoms. The smallest absolute Gasteiger partial charge is 0.337 e. The van der Waals surface area contributed by atoms with E-state index in [4.69, 9.17) is 0 Å². The van der Waals surface area contributed by atoms with Gasteiger partial charge in [-0.15, -0.1) is 0 Å². The summed E-state index contributed by atoms with van der Waals surface area (Å²) >= 11 is 0. The Balaban J connectivity index is 3.16. The van der Waals surface area contributed by atoms with Crippen LogP contribution in [0, 0.1) is 6.92 Å². The van der Waals surface area contributed by atoms with Crippen LogP contribution in [0.15, 0.2) is 18.2 Å². The molecule has 1 aromatic rings. The van der Waals surface area contributed by atoms with Crippen LogP contribution in [0.25, 0.3) is 0 Å². The zero-order chi connectivity index (χ0) is 13.0. The van der Waals surface area contributed by atoms with Crippen molar-refractivity contribution < 1.29 is 9.90 Å². The number of rotatable bonds is 5. The van der Waals surface area contributed by atoms with Crippen molar-refractivity contribution in [3.8, 4) is 0 Å². The van der Waals surface area contributed by atoms with E-state index in [1.807, 2.05) is 26.1 Å². The molecule has 17 heavy (non-hydrogen) atoms. The highest BCUT2D eigenvalue weighted by Crippen LogP contribution is 2.24. The van der Waals surface area contributed by atoms with Gasteiger partial charge in [-0.3, -0.25) is 0 Å². The highest BCUT2D eigenvalue weighted by Gasteiger charge is 2.17. The van der Waals surface area contributed by atoms with Gasteiger partial charge in [-0.25, -0.2) is 4.79 Å². The molecular weight excluding hydrogens is 214 g/mol. The Kier molecular flexibility index (Phi) is 4.55. The summed E-state index contributed by atoms with van der Waals surface area (Å²) in [5.41, 5.74) is 2.17. The number of carbonyl (C=O) groups is 1. The van der Waals surface area contributed by atoms with E-state index < -0.39 is 5.97 Å². The molecular formula is C14H21NO2. The molecule has 0 aliphatic carbocycles. The van der Waals surface area contributed by atoms with Gasteiger partial charge in [0.1, 0.15) is 0 Å². The standard InChI is InChI=1S/C14H21NO2/c1-5-11(6-2)15(4)13-8-7-10(3)9-12(13)14(16)17/h7-9,11H,5-6H2,1-4H3,(H,16,17). The minimum atomic E-state index is -0.860. The van der Waals surface area contributed by atoms with Crippen molar-refractivity contribution in [3.05, 3.63) is 29.3 Å². The van der Waals surface area contributed by atoms with Crippen LogP contribution in [-0.4, -0.2) is 24.2 Å². The van der Waals surface area contributed by atoms with Crippen LogP contribution in [0.4, 0.5) is 5.69 Å². The van der Waals surface area contributed by atoms with Crippen molar-refractivity contribution in [2.24, 2.45) is 0 Å². The van der Waals surface area contributed by atoms with Crippen LogP contribution in [0.2, 0.25) is 0 Å². The monoisotopic (exact) mass is 235 g/mol. The first-order valence-corrected chi connectivity index (χ1v) is 6.08. The van der Waals surface area contributed by atoms with E-state index >= 15 is 0 Å². The second-order valence-electron chi connectivity index (χ2n) is 4.41. The molecule has 3 heteroatoms. The molecule has 0 aliphatic heterocycles. The molecule has 3 nitrogen and oxygen atoms in total. The van der Waals surface area contributed by atoms with Crippen molar-refractivity contribution in [1.82, 2.24) is 0 Å². The zero-order valence-corrected chi connectivity index (χ0v) is 11.0. The van der Waals surface area contributed by atoms with Crippen LogP contribution in [-0.2, 0) is 0 Å². The fraction of sp³-hybridized carbons (Fsp3) is 0.500. The first-order valence-electron chi connectivity index (χ1n) is 6.08. The quantitative estimate of drug-likeness (QED) is 0.851. The fourth-order valence-electron chi connectivity index (χ4n) is 2.16. The number of nitrogens with zero attached hydrogens (tertiary/aromatic N) is 1. The van der Waals surface area contributed by atoms with Crippen molar-refractivity contribution in [3.63, 3.8) is 0 Å². The molecule has 94 valence electrons. The highest BCUT2D eigenvalue weighted by molar-refractivity contribution is 5.94. The van der Waals surface area contributed by atoms with Gasteiger partial charge in [-0.2, -0.15) is 0 Å². The maximum atomic E-state index is 11.3. The summed E-state index contributed by atoms with van der Waals surface area (Å²) in [4.78, 5) is 13.3. The maximum absolute atomic E-state index is 11.3. The number of benzene rings is 1. The molecule has 0 aromatic heterocycles. The van der Waals surface area contributed by atoms with Gasteiger partial charge < -0.3 is 10.0 Å². The van der Waals surface area contributed by atoms with Crippen LogP contribution in [0.5, 0.6) is 0 Å². The lowest BCUT2D eigenvalue weighted by molar-refractivity contribution is 0.0697. The average Bonchev–Trinajstić information content (AvgIpc) is 2.30. The zero-order valence-electron chi connectivity index (χ0n) is 11.0. The summed E-state index contributed by atoms with van der Waals surface area (Å²) in [6.45, 7) is 6.16. The number of aromatic carboxylic acids is 1.